The Hall–Kier alpha value is -4.23. The van der Waals surface area contributed by atoms with Gasteiger partial charge in [-0.3, -0.25) is 0 Å². The molecule has 9 heteroatoms. The highest BCUT2D eigenvalue weighted by Gasteiger charge is 2.30. The van der Waals surface area contributed by atoms with E-state index < -0.39 is 15.6 Å². The molecule has 1 aliphatic heterocycles. The van der Waals surface area contributed by atoms with Gasteiger partial charge in [-0.25, -0.2) is 22.7 Å². The molecular weight excluding hydrogens is 498 g/mol. The Bertz CT molecular complexity index is 1800. The molecule has 1 aliphatic rings. The van der Waals surface area contributed by atoms with E-state index in [4.69, 9.17) is 0 Å². The van der Waals surface area contributed by atoms with Crippen LogP contribution in [0.4, 0.5) is 11.5 Å². The number of nitrogens with one attached hydrogen (secondary N) is 2. The molecule has 0 atom stereocenters. The van der Waals surface area contributed by atoms with E-state index in [2.05, 4.69) is 32.1 Å². The molecule has 0 unspecified atom stereocenters. The van der Waals surface area contributed by atoms with Crippen LogP contribution < -0.4 is 9.62 Å². The van der Waals surface area contributed by atoms with Crippen molar-refractivity contribution in [1.29, 1.82) is 0 Å². The summed E-state index contributed by atoms with van der Waals surface area (Å²) < 4.78 is 29.5. The third-order valence-corrected chi connectivity index (χ3v) is 8.46. The van der Waals surface area contributed by atoms with Crippen LogP contribution in [-0.4, -0.2) is 47.2 Å². The molecule has 8 nitrogen and oxygen atoms in total. The number of aromatic amines is 1. The van der Waals surface area contributed by atoms with Crippen molar-refractivity contribution in [1.82, 2.24) is 20.3 Å². The molecule has 0 saturated carbocycles. The van der Waals surface area contributed by atoms with Gasteiger partial charge in [0.15, 0.2) is 5.82 Å². The van der Waals surface area contributed by atoms with Crippen molar-refractivity contribution in [2.24, 2.45) is 0 Å². The molecule has 0 spiro atoms. The topological polar surface area (TPSA) is 111 Å². The quantitative estimate of drug-likeness (QED) is 0.306. The molecule has 0 amide bonds. The van der Waals surface area contributed by atoms with Crippen LogP contribution in [0.15, 0.2) is 90.2 Å². The van der Waals surface area contributed by atoms with Gasteiger partial charge in [0.2, 0.25) is 0 Å². The molecule has 6 rings (SSSR count). The molecule has 1 saturated heterocycles. The minimum Gasteiger partial charge on any atom is -0.377 e. The van der Waals surface area contributed by atoms with Crippen LogP contribution >= 0.6 is 0 Å². The maximum absolute atomic E-state index is 14.1. The smallest absolute Gasteiger partial charge is 0.269 e. The first kappa shape index (κ1) is 24.1. The number of hydrogen-bond donors (Lipinski definition) is 3. The lowest BCUT2D eigenvalue weighted by Crippen LogP contribution is -2.40. The molecule has 190 valence electrons. The summed E-state index contributed by atoms with van der Waals surface area (Å²) in [6.45, 7) is 1.41. The molecule has 1 fully saturated rings. The minimum absolute atomic E-state index is 0.144. The normalized spacial score (nSPS) is 15.2. The monoisotopic (exact) mass is 523 g/mol. The van der Waals surface area contributed by atoms with Crippen LogP contribution in [0.25, 0.3) is 21.8 Å². The summed E-state index contributed by atoms with van der Waals surface area (Å²) in [6.07, 6.45) is 4.27. The van der Waals surface area contributed by atoms with E-state index in [0.29, 0.717) is 48.1 Å². The zero-order valence-corrected chi connectivity index (χ0v) is 21.2. The van der Waals surface area contributed by atoms with Gasteiger partial charge in [0.05, 0.1) is 16.1 Å². The summed E-state index contributed by atoms with van der Waals surface area (Å²) in [6, 6.07) is 21.0. The van der Waals surface area contributed by atoms with Crippen molar-refractivity contribution in [3.8, 4) is 11.8 Å². The number of benzene rings is 3. The predicted molar refractivity (Wildman–Crippen MR) is 148 cm³/mol. The highest BCUT2D eigenvalue weighted by molar-refractivity contribution is 7.93. The number of aromatic nitrogens is 3. The fraction of sp³-hybridized carbons (Fsp3) is 0.172. The lowest BCUT2D eigenvalue weighted by atomic mass is 9.93. The fourth-order valence-electron chi connectivity index (χ4n) is 4.68. The first-order valence-electron chi connectivity index (χ1n) is 12.3. The van der Waals surface area contributed by atoms with Crippen LogP contribution in [0.5, 0.6) is 0 Å². The SMILES string of the molecule is O=S(=O)(c1ccccc1)N(c1ccc2[nH]ccc2c1)c1ncnc2ccc(C#CC3(O)CCNCC3)cc12. The summed E-state index contributed by atoms with van der Waals surface area (Å²) in [5.41, 5.74) is 1.51. The summed E-state index contributed by atoms with van der Waals surface area (Å²) in [5.74, 6) is 6.33. The summed E-state index contributed by atoms with van der Waals surface area (Å²) >= 11 is 0. The van der Waals surface area contributed by atoms with Gasteiger partial charge in [-0.05, 0) is 80.5 Å². The van der Waals surface area contributed by atoms with Gasteiger partial charge in [-0.15, -0.1) is 0 Å². The zero-order chi connectivity index (χ0) is 26.2. The molecule has 0 radical (unpaired) electrons. The van der Waals surface area contributed by atoms with E-state index in [0.717, 1.165) is 10.9 Å². The van der Waals surface area contributed by atoms with Crippen LogP contribution in [-0.2, 0) is 10.0 Å². The second kappa shape index (κ2) is 9.58. The standard InChI is InChI=1S/C29H25N5O3S/c35-29(13-16-30-17-14-29)12-10-21-6-8-27-25(18-21)28(33-20-32-27)34(38(36,37)24-4-2-1-3-5-24)23-7-9-26-22(19-23)11-15-31-26/h1-9,11,15,18-20,30-31,35H,13-14,16-17H2. The van der Waals surface area contributed by atoms with Crippen LogP contribution in [0, 0.1) is 11.8 Å². The molecule has 3 heterocycles. The number of rotatable bonds is 4. The van der Waals surface area contributed by atoms with Gasteiger partial charge in [-0.2, -0.15) is 0 Å². The van der Waals surface area contributed by atoms with Crippen LogP contribution in [0.2, 0.25) is 0 Å². The third kappa shape index (κ3) is 4.50. The Labute approximate surface area is 220 Å². The van der Waals surface area contributed by atoms with E-state index in [-0.39, 0.29) is 10.7 Å². The van der Waals surface area contributed by atoms with E-state index in [1.165, 1.54) is 10.6 Å². The van der Waals surface area contributed by atoms with Crippen LogP contribution in [0.3, 0.4) is 0 Å². The summed E-state index contributed by atoms with van der Waals surface area (Å²) in [5, 5.41) is 15.4. The maximum Gasteiger partial charge on any atom is 0.269 e. The van der Waals surface area contributed by atoms with Crippen molar-refractivity contribution in [2.75, 3.05) is 17.4 Å². The lowest BCUT2D eigenvalue weighted by molar-refractivity contribution is 0.0679. The molecule has 3 N–H and O–H groups in total. The molecule has 3 aromatic carbocycles. The highest BCUT2D eigenvalue weighted by Crippen LogP contribution is 2.36. The average Bonchev–Trinajstić information content (AvgIpc) is 3.41. The fourth-order valence-corrected chi connectivity index (χ4v) is 6.15. The number of H-pyrrole nitrogens is 1. The molecule has 5 aromatic rings. The molecular formula is C29H25N5O3S. The van der Waals surface area contributed by atoms with Crippen molar-refractivity contribution in [3.05, 3.63) is 90.9 Å². The van der Waals surface area contributed by atoms with Crippen LogP contribution in [0.1, 0.15) is 18.4 Å². The number of piperidine rings is 1. The van der Waals surface area contributed by atoms with E-state index in [1.54, 1.807) is 48.5 Å². The largest absolute Gasteiger partial charge is 0.377 e. The number of sulfonamides is 1. The number of nitrogens with zero attached hydrogens (tertiary/aromatic N) is 3. The van der Waals surface area contributed by atoms with E-state index in [1.807, 2.05) is 30.5 Å². The summed E-state index contributed by atoms with van der Waals surface area (Å²) in [7, 11) is -4.05. The van der Waals surface area contributed by atoms with Gasteiger partial charge >= 0.3 is 0 Å². The average molecular weight is 524 g/mol. The number of aliphatic hydroxyl groups is 1. The van der Waals surface area contributed by atoms with Gasteiger partial charge in [-0.1, -0.05) is 30.0 Å². The van der Waals surface area contributed by atoms with Gasteiger partial charge in [0, 0.05) is 28.0 Å². The van der Waals surface area contributed by atoms with Crippen molar-refractivity contribution >= 4 is 43.3 Å². The number of anilines is 2. The van der Waals surface area contributed by atoms with Crippen molar-refractivity contribution < 1.29 is 13.5 Å². The molecule has 2 aromatic heterocycles. The number of fused-ring (bicyclic) bond motifs is 2. The third-order valence-electron chi connectivity index (χ3n) is 6.73. The van der Waals surface area contributed by atoms with Crippen molar-refractivity contribution in [3.63, 3.8) is 0 Å². The first-order chi connectivity index (χ1) is 18.4. The number of hydrogen-bond acceptors (Lipinski definition) is 6. The lowest BCUT2D eigenvalue weighted by Gasteiger charge is -2.27. The van der Waals surface area contributed by atoms with Gasteiger partial charge in [0.25, 0.3) is 10.0 Å². The van der Waals surface area contributed by atoms with E-state index in [9.17, 15) is 13.5 Å². The van der Waals surface area contributed by atoms with E-state index >= 15 is 0 Å². The Kier molecular flexibility index (Phi) is 6.08. The van der Waals surface area contributed by atoms with Crippen molar-refractivity contribution in [2.45, 2.75) is 23.3 Å². The second-order valence-electron chi connectivity index (χ2n) is 9.29. The molecule has 38 heavy (non-hydrogen) atoms. The second-order valence-corrected chi connectivity index (χ2v) is 11.1. The van der Waals surface area contributed by atoms with Gasteiger partial charge in [0.1, 0.15) is 11.9 Å². The van der Waals surface area contributed by atoms with Gasteiger partial charge < -0.3 is 15.4 Å². The molecule has 0 bridgehead atoms. The molecule has 0 aliphatic carbocycles. The maximum atomic E-state index is 14.1. The minimum atomic E-state index is -4.05. The Balaban J connectivity index is 1.53. The predicted octanol–water partition coefficient (Wildman–Crippen LogP) is 4.10. The Morgan fingerprint density at radius 2 is 1.76 bits per heavy atom. The zero-order valence-electron chi connectivity index (χ0n) is 20.4. The Morgan fingerprint density at radius 1 is 0.947 bits per heavy atom. The first-order valence-corrected chi connectivity index (χ1v) is 13.8. The highest BCUT2D eigenvalue weighted by atomic mass is 32.2. The summed E-state index contributed by atoms with van der Waals surface area (Å²) in [4.78, 5) is 12.1. The Morgan fingerprint density at radius 3 is 2.58 bits per heavy atom.